The van der Waals surface area contributed by atoms with E-state index in [0.717, 1.165) is 17.0 Å². The largest absolute Gasteiger partial charge is 0.442 e. The maximum atomic E-state index is 14.6. The first kappa shape index (κ1) is 18.5. The number of allylic oxidation sites excluding steroid dienone is 1. The van der Waals surface area contributed by atoms with Gasteiger partial charge in [-0.1, -0.05) is 11.3 Å². The van der Waals surface area contributed by atoms with Crippen LogP contribution in [-0.4, -0.2) is 53.7 Å². The third-order valence-corrected chi connectivity index (χ3v) is 6.16. The Bertz CT molecular complexity index is 1030. The molecule has 0 N–H and O–H groups in total. The van der Waals surface area contributed by atoms with E-state index in [-0.39, 0.29) is 42.3 Å². The lowest BCUT2D eigenvalue weighted by molar-refractivity contribution is 0.129. The summed E-state index contributed by atoms with van der Waals surface area (Å²) in [4.78, 5) is 13.3. The molecule has 0 saturated carbocycles. The van der Waals surface area contributed by atoms with Gasteiger partial charge in [0.25, 0.3) is 0 Å². The van der Waals surface area contributed by atoms with E-state index in [1.165, 1.54) is 17.0 Å². The van der Waals surface area contributed by atoms with E-state index in [0.29, 0.717) is 5.57 Å². The van der Waals surface area contributed by atoms with Crippen molar-refractivity contribution in [1.82, 2.24) is 15.0 Å². The molecular weight excluding hydrogens is 394 g/mol. The van der Waals surface area contributed by atoms with Gasteiger partial charge in [0.2, 0.25) is 0 Å². The van der Waals surface area contributed by atoms with Crippen LogP contribution in [0.2, 0.25) is 0 Å². The highest BCUT2D eigenvalue weighted by Gasteiger charge is 2.34. The van der Waals surface area contributed by atoms with Crippen LogP contribution in [0.15, 0.2) is 30.6 Å². The van der Waals surface area contributed by atoms with Gasteiger partial charge >= 0.3 is 6.09 Å². The summed E-state index contributed by atoms with van der Waals surface area (Å²) in [6.07, 6.45) is 3.23. The number of benzene rings is 1. The normalized spacial score (nSPS) is 21.5. The van der Waals surface area contributed by atoms with E-state index < -0.39 is 33.7 Å². The molecule has 0 bridgehead atoms. The Kier molecular flexibility index (Phi) is 4.61. The second-order valence-corrected chi connectivity index (χ2v) is 8.85. The van der Waals surface area contributed by atoms with Crippen LogP contribution in [0.1, 0.15) is 12.0 Å². The van der Waals surface area contributed by atoms with Crippen molar-refractivity contribution >= 4 is 27.2 Å². The molecule has 1 aromatic carbocycles. The van der Waals surface area contributed by atoms with Gasteiger partial charge in [0, 0.05) is 11.8 Å². The van der Waals surface area contributed by atoms with Crippen molar-refractivity contribution in [2.75, 3.05) is 23.0 Å². The van der Waals surface area contributed by atoms with Gasteiger partial charge < -0.3 is 4.74 Å². The van der Waals surface area contributed by atoms with Crippen molar-refractivity contribution in [1.29, 1.82) is 0 Å². The molecule has 2 aromatic rings. The lowest BCUT2D eigenvalue weighted by Gasteiger charge is -2.18. The van der Waals surface area contributed by atoms with Gasteiger partial charge in [0.15, 0.2) is 9.84 Å². The van der Waals surface area contributed by atoms with Crippen molar-refractivity contribution < 1.29 is 26.7 Å². The average molecular weight is 410 g/mol. The lowest BCUT2D eigenvalue weighted by atomic mass is 10.0. The number of rotatable bonds is 4. The Balaban J connectivity index is 1.56. The van der Waals surface area contributed by atoms with E-state index in [4.69, 9.17) is 4.74 Å². The second-order valence-electron chi connectivity index (χ2n) is 6.62. The standard InChI is InChI=1S/C17H16F2N4O4S/c18-14-7-12(8-15(19)16(14)11-1-5-28(25,26)6-2-11)23-10-13(27-17(23)24)9-22-4-3-20-21-22/h1,3-4,7-8,13H,2,5-6,9-10H2/t13-/m0/s1. The highest BCUT2D eigenvalue weighted by atomic mass is 32.2. The number of aromatic nitrogens is 3. The van der Waals surface area contributed by atoms with E-state index in [1.54, 1.807) is 6.20 Å². The fourth-order valence-electron chi connectivity index (χ4n) is 3.29. The summed E-state index contributed by atoms with van der Waals surface area (Å²) in [5.41, 5.74) is 0.0867. The fraction of sp³-hybridized carbons (Fsp3) is 0.353. The Hall–Kier alpha value is -2.82. The summed E-state index contributed by atoms with van der Waals surface area (Å²) in [5.74, 6) is -2.10. The zero-order valence-electron chi connectivity index (χ0n) is 14.6. The Morgan fingerprint density at radius 2 is 2.00 bits per heavy atom. The summed E-state index contributed by atoms with van der Waals surface area (Å²) in [6, 6.07) is 2.11. The van der Waals surface area contributed by atoms with Crippen LogP contribution in [0, 0.1) is 11.6 Å². The van der Waals surface area contributed by atoms with E-state index in [2.05, 4.69) is 10.3 Å². The van der Waals surface area contributed by atoms with Crippen molar-refractivity contribution in [3.63, 3.8) is 0 Å². The molecule has 1 amide bonds. The molecule has 1 fully saturated rings. The average Bonchev–Trinajstić information content (AvgIpc) is 3.25. The predicted molar refractivity (Wildman–Crippen MR) is 95.2 cm³/mol. The number of carbonyl (C=O) groups excluding carboxylic acids is 1. The first-order valence-corrected chi connectivity index (χ1v) is 10.4. The maximum Gasteiger partial charge on any atom is 0.414 e. The summed E-state index contributed by atoms with van der Waals surface area (Å²) >= 11 is 0. The van der Waals surface area contributed by atoms with Crippen LogP contribution in [-0.2, 0) is 21.1 Å². The smallest absolute Gasteiger partial charge is 0.414 e. The van der Waals surface area contributed by atoms with Gasteiger partial charge in [0.05, 0.1) is 36.5 Å². The predicted octanol–water partition coefficient (Wildman–Crippen LogP) is 1.78. The van der Waals surface area contributed by atoms with E-state index in [9.17, 15) is 22.0 Å². The highest BCUT2D eigenvalue weighted by Crippen LogP contribution is 2.32. The van der Waals surface area contributed by atoms with Gasteiger partial charge in [-0.25, -0.2) is 26.7 Å². The number of ether oxygens (including phenoxy) is 1. The fourth-order valence-corrected chi connectivity index (χ4v) is 4.45. The maximum absolute atomic E-state index is 14.6. The highest BCUT2D eigenvalue weighted by molar-refractivity contribution is 7.91. The molecule has 0 aliphatic carbocycles. The first-order chi connectivity index (χ1) is 13.3. The van der Waals surface area contributed by atoms with E-state index >= 15 is 0 Å². The number of cyclic esters (lactones) is 1. The molecule has 2 aliphatic rings. The molecule has 1 aromatic heterocycles. The van der Waals surface area contributed by atoms with Crippen LogP contribution in [0.3, 0.4) is 0 Å². The quantitative estimate of drug-likeness (QED) is 0.763. The van der Waals surface area contributed by atoms with Crippen molar-refractivity contribution in [3.05, 3.63) is 47.8 Å². The van der Waals surface area contributed by atoms with Crippen LogP contribution in [0.25, 0.3) is 5.57 Å². The van der Waals surface area contributed by atoms with Crippen molar-refractivity contribution in [2.24, 2.45) is 0 Å². The number of halogens is 2. The number of amides is 1. The molecule has 11 heteroatoms. The third kappa shape index (κ3) is 3.61. The Morgan fingerprint density at radius 1 is 1.25 bits per heavy atom. The van der Waals surface area contributed by atoms with Gasteiger partial charge in [-0.05, 0) is 24.1 Å². The minimum absolute atomic E-state index is 0.0360. The van der Waals surface area contributed by atoms with Crippen LogP contribution < -0.4 is 4.90 Å². The van der Waals surface area contributed by atoms with E-state index in [1.807, 2.05) is 0 Å². The molecule has 0 spiro atoms. The molecule has 1 saturated heterocycles. The molecule has 3 heterocycles. The Labute approximate surface area is 159 Å². The minimum atomic E-state index is -3.21. The third-order valence-electron chi connectivity index (χ3n) is 4.66. The SMILES string of the molecule is O=C1O[C@@H](Cn2ccnn2)CN1c1cc(F)c(C2=CCS(=O)(=O)CC2)c(F)c1. The molecule has 8 nitrogen and oxygen atoms in total. The Morgan fingerprint density at radius 3 is 2.61 bits per heavy atom. The molecule has 0 unspecified atom stereocenters. The van der Waals surface area contributed by atoms with Crippen LogP contribution in [0.5, 0.6) is 0 Å². The summed E-state index contributed by atoms with van der Waals surface area (Å²) in [6.45, 7) is 0.379. The molecule has 1 atom stereocenters. The zero-order valence-corrected chi connectivity index (χ0v) is 15.4. The molecule has 2 aliphatic heterocycles. The summed E-state index contributed by atoms with van der Waals surface area (Å²) in [7, 11) is -3.21. The van der Waals surface area contributed by atoms with Gasteiger partial charge in [-0.2, -0.15) is 0 Å². The topological polar surface area (TPSA) is 94.4 Å². The number of hydrogen-bond acceptors (Lipinski definition) is 6. The molecule has 148 valence electrons. The van der Waals surface area contributed by atoms with Crippen LogP contribution >= 0.6 is 0 Å². The second kappa shape index (κ2) is 6.97. The first-order valence-electron chi connectivity index (χ1n) is 8.53. The van der Waals surface area contributed by atoms with Gasteiger partial charge in [0.1, 0.15) is 17.7 Å². The molecule has 4 rings (SSSR count). The number of carbonyl (C=O) groups is 1. The lowest BCUT2D eigenvalue weighted by Crippen LogP contribution is -2.26. The summed E-state index contributed by atoms with van der Waals surface area (Å²) in [5, 5.41) is 7.46. The molecule has 28 heavy (non-hydrogen) atoms. The number of anilines is 1. The molecular formula is C17H16F2N4O4S. The molecule has 0 radical (unpaired) electrons. The number of hydrogen-bond donors (Lipinski definition) is 0. The van der Waals surface area contributed by atoms with Crippen LogP contribution in [0.4, 0.5) is 19.3 Å². The van der Waals surface area contributed by atoms with Crippen molar-refractivity contribution in [3.8, 4) is 0 Å². The number of nitrogens with zero attached hydrogens (tertiary/aromatic N) is 4. The van der Waals surface area contributed by atoms with Gasteiger partial charge in [-0.15, -0.1) is 5.10 Å². The minimum Gasteiger partial charge on any atom is -0.442 e. The number of sulfone groups is 1. The van der Waals surface area contributed by atoms with Crippen molar-refractivity contribution in [2.45, 2.75) is 19.1 Å². The zero-order chi connectivity index (χ0) is 19.9. The summed E-state index contributed by atoms with van der Waals surface area (Å²) < 4.78 is 59.0. The van der Waals surface area contributed by atoms with Gasteiger partial charge in [-0.3, -0.25) is 4.90 Å². The monoisotopic (exact) mass is 410 g/mol.